The molecule has 7 nitrogen and oxygen atoms in total. The number of sulfonamides is 1. The Hall–Kier alpha value is -1.38. The minimum atomic E-state index is -3.36. The minimum Gasteiger partial charge on any atom is -0.459 e. The summed E-state index contributed by atoms with van der Waals surface area (Å²) < 4.78 is 36.7. The molecule has 0 spiro atoms. The van der Waals surface area contributed by atoms with Crippen LogP contribution < -0.4 is 4.72 Å². The highest BCUT2D eigenvalue weighted by Gasteiger charge is 2.47. The molecule has 2 aliphatic heterocycles. The fourth-order valence-corrected chi connectivity index (χ4v) is 4.05. The van der Waals surface area contributed by atoms with Gasteiger partial charge in [-0.2, -0.15) is 0 Å². The van der Waals surface area contributed by atoms with Crippen LogP contribution in [0.5, 0.6) is 0 Å². The molecule has 2 fully saturated rings. The summed E-state index contributed by atoms with van der Waals surface area (Å²) in [5, 5.41) is 0. The van der Waals surface area contributed by atoms with E-state index in [0.29, 0.717) is 18.9 Å². The van der Waals surface area contributed by atoms with E-state index in [-0.39, 0.29) is 18.1 Å². The maximum atomic E-state index is 12.7. The highest BCUT2D eigenvalue weighted by Crippen LogP contribution is 2.31. The molecule has 3 heterocycles. The Morgan fingerprint density at radius 3 is 2.86 bits per heavy atom. The van der Waals surface area contributed by atoms with Crippen LogP contribution in [0.1, 0.15) is 29.0 Å². The summed E-state index contributed by atoms with van der Waals surface area (Å²) >= 11 is 0. The van der Waals surface area contributed by atoms with Crippen LogP contribution in [0.2, 0.25) is 0 Å². The highest BCUT2D eigenvalue weighted by atomic mass is 32.2. The van der Waals surface area contributed by atoms with E-state index in [1.54, 1.807) is 11.0 Å². The number of fused-ring (bicyclic) bond motifs is 1. The Bertz CT molecular complexity index is 669. The van der Waals surface area contributed by atoms with Crippen molar-refractivity contribution in [2.45, 2.75) is 38.0 Å². The molecule has 1 aromatic rings. The smallest absolute Gasteiger partial charge is 0.290 e. The van der Waals surface area contributed by atoms with Gasteiger partial charge in [-0.25, -0.2) is 13.1 Å². The first-order valence-corrected chi connectivity index (χ1v) is 9.20. The van der Waals surface area contributed by atoms with E-state index in [4.69, 9.17) is 9.15 Å². The van der Waals surface area contributed by atoms with E-state index >= 15 is 0 Å². The average Bonchev–Trinajstić information content (AvgIpc) is 3.01. The molecule has 0 aliphatic carbocycles. The molecule has 3 rings (SSSR count). The number of amides is 1. The second kappa shape index (κ2) is 5.68. The normalized spacial score (nSPS) is 28.6. The van der Waals surface area contributed by atoms with E-state index < -0.39 is 16.1 Å². The second-order valence-electron chi connectivity index (χ2n) is 5.93. The summed E-state index contributed by atoms with van der Waals surface area (Å²) in [5.74, 6) is 0.102. The predicted octanol–water partition coefficient (Wildman–Crippen LogP) is 0.509. The largest absolute Gasteiger partial charge is 0.459 e. The molecule has 1 aromatic heterocycles. The molecule has 0 saturated carbocycles. The number of furan rings is 1. The third kappa shape index (κ3) is 2.90. The molecule has 0 radical (unpaired) electrons. The van der Waals surface area contributed by atoms with Gasteiger partial charge in [0.15, 0.2) is 5.76 Å². The topological polar surface area (TPSA) is 88.9 Å². The molecular formula is C14H20N2O5S. The van der Waals surface area contributed by atoms with Gasteiger partial charge in [-0.05, 0) is 25.8 Å². The molecule has 1 N–H and O–H groups in total. The van der Waals surface area contributed by atoms with Crippen molar-refractivity contribution in [3.05, 3.63) is 23.7 Å². The third-order valence-electron chi connectivity index (χ3n) is 4.21. The van der Waals surface area contributed by atoms with Crippen LogP contribution in [0, 0.1) is 6.92 Å². The maximum Gasteiger partial charge on any atom is 0.290 e. The molecule has 3 atom stereocenters. The fourth-order valence-electron chi connectivity index (χ4n) is 3.29. The lowest BCUT2D eigenvalue weighted by molar-refractivity contribution is -0.0160. The van der Waals surface area contributed by atoms with Crippen molar-refractivity contribution in [3.63, 3.8) is 0 Å². The second-order valence-corrected chi connectivity index (χ2v) is 7.71. The summed E-state index contributed by atoms with van der Waals surface area (Å²) in [6, 6.07) is 1.20. The molecule has 2 saturated heterocycles. The van der Waals surface area contributed by atoms with Crippen molar-refractivity contribution < 1.29 is 22.4 Å². The molecule has 0 bridgehead atoms. The molecular weight excluding hydrogens is 308 g/mol. The van der Waals surface area contributed by atoms with Gasteiger partial charge in [-0.1, -0.05) is 0 Å². The molecule has 0 aromatic carbocycles. The Labute approximate surface area is 129 Å². The van der Waals surface area contributed by atoms with Crippen molar-refractivity contribution in [1.29, 1.82) is 0 Å². The summed E-state index contributed by atoms with van der Waals surface area (Å²) in [7, 11) is -3.36. The van der Waals surface area contributed by atoms with Crippen LogP contribution in [0.3, 0.4) is 0 Å². The van der Waals surface area contributed by atoms with Crippen molar-refractivity contribution in [1.82, 2.24) is 9.62 Å². The molecule has 1 amide bonds. The number of hydrogen-bond acceptors (Lipinski definition) is 5. The van der Waals surface area contributed by atoms with Gasteiger partial charge in [-0.3, -0.25) is 4.79 Å². The summed E-state index contributed by atoms with van der Waals surface area (Å²) in [5.41, 5.74) is 0.776. The Morgan fingerprint density at radius 2 is 2.23 bits per heavy atom. The van der Waals surface area contributed by atoms with Crippen molar-refractivity contribution in [2.24, 2.45) is 0 Å². The number of rotatable bonds is 3. The van der Waals surface area contributed by atoms with Crippen LogP contribution in [0.25, 0.3) is 0 Å². The summed E-state index contributed by atoms with van der Waals surface area (Å²) in [4.78, 5) is 14.4. The van der Waals surface area contributed by atoms with E-state index in [1.807, 2.05) is 6.92 Å². The standard InChI is InChI=1S/C14H20N2O5S/c1-9-5-7-21-12(9)14(17)16-8-10(15-22(2,18)19)13-11(16)4-3-6-20-13/h5,7,10-11,13,15H,3-4,6,8H2,1-2H3/t10-,11-,13-/m1/s1. The number of likely N-dealkylation sites (tertiary alicyclic amines) is 1. The van der Waals surface area contributed by atoms with Gasteiger partial charge in [0.25, 0.3) is 5.91 Å². The zero-order valence-corrected chi connectivity index (χ0v) is 13.4. The zero-order chi connectivity index (χ0) is 15.9. The van der Waals surface area contributed by atoms with Crippen LogP contribution in [0.4, 0.5) is 0 Å². The number of nitrogens with one attached hydrogen (secondary N) is 1. The monoisotopic (exact) mass is 328 g/mol. The van der Waals surface area contributed by atoms with Crippen molar-refractivity contribution in [3.8, 4) is 0 Å². The Balaban J connectivity index is 1.85. The number of carbonyl (C=O) groups is 1. The van der Waals surface area contributed by atoms with E-state index in [9.17, 15) is 13.2 Å². The van der Waals surface area contributed by atoms with Gasteiger partial charge in [0.2, 0.25) is 10.0 Å². The lowest BCUT2D eigenvalue weighted by Gasteiger charge is -2.32. The van der Waals surface area contributed by atoms with Crippen LogP contribution in [0.15, 0.2) is 16.7 Å². The third-order valence-corrected chi connectivity index (χ3v) is 4.94. The number of hydrogen-bond donors (Lipinski definition) is 1. The SMILES string of the molecule is Cc1ccoc1C(=O)N1C[C@@H](NS(C)(=O)=O)[C@H]2OCCC[C@H]21. The van der Waals surface area contributed by atoms with Gasteiger partial charge < -0.3 is 14.1 Å². The average molecular weight is 328 g/mol. The van der Waals surface area contributed by atoms with Gasteiger partial charge >= 0.3 is 0 Å². The first-order chi connectivity index (χ1) is 10.4. The highest BCUT2D eigenvalue weighted by molar-refractivity contribution is 7.88. The van der Waals surface area contributed by atoms with Crippen LogP contribution >= 0.6 is 0 Å². The molecule has 22 heavy (non-hydrogen) atoms. The van der Waals surface area contributed by atoms with Crippen molar-refractivity contribution in [2.75, 3.05) is 19.4 Å². The zero-order valence-electron chi connectivity index (χ0n) is 12.6. The molecule has 122 valence electrons. The van der Waals surface area contributed by atoms with Crippen LogP contribution in [-0.2, 0) is 14.8 Å². The van der Waals surface area contributed by atoms with Gasteiger partial charge in [-0.15, -0.1) is 0 Å². The van der Waals surface area contributed by atoms with Gasteiger partial charge in [0.05, 0.1) is 30.7 Å². The summed E-state index contributed by atoms with van der Waals surface area (Å²) in [6.07, 6.45) is 3.96. The lowest BCUT2D eigenvalue weighted by Crippen LogP contribution is -2.47. The fraction of sp³-hybridized carbons (Fsp3) is 0.643. The van der Waals surface area contributed by atoms with E-state index in [1.165, 1.54) is 6.26 Å². The number of ether oxygens (including phenoxy) is 1. The summed E-state index contributed by atoms with van der Waals surface area (Å²) in [6.45, 7) is 2.69. The molecule has 8 heteroatoms. The van der Waals surface area contributed by atoms with Gasteiger partial charge in [0.1, 0.15) is 0 Å². The number of aryl methyl sites for hydroxylation is 1. The number of carbonyl (C=O) groups excluding carboxylic acids is 1. The van der Waals surface area contributed by atoms with Crippen LogP contribution in [-0.4, -0.2) is 56.8 Å². The Morgan fingerprint density at radius 1 is 1.45 bits per heavy atom. The van der Waals surface area contributed by atoms with E-state index in [0.717, 1.165) is 24.7 Å². The maximum absolute atomic E-state index is 12.7. The minimum absolute atomic E-state index is 0.120. The number of nitrogens with zero attached hydrogens (tertiary/aromatic N) is 1. The first-order valence-electron chi connectivity index (χ1n) is 7.31. The Kier molecular flexibility index (Phi) is 4.00. The quantitative estimate of drug-likeness (QED) is 0.873. The predicted molar refractivity (Wildman–Crippen MR) is 79.0 cm³/mol. The first kappa shape index (κ1) is 15.5. The molecule has 0 unspecified atom stereocenters. The lowest BCUT2D eigenvalue weighted by atomic mass is 10.0. The van der Waals surface area contributed by atoms with E-state index in [2.05, 4.69) is 4.72 Å². The van der Waals surface area contributed by atoms with Gasteiger partial charge in [0, 0.05) is 18.7 Å². The molecule has 2 aliphatic rings. The van der Waals surface area contributed by atoms with Crippen molar-refractivity contribution >= 4 is 15.9 Å².